The van der Waals surface area contributed by atoms with Gasteiger partial charge in [-0.25, -0.2) is 0 Å². The summed E-state index contributed by atoms with van der Waals surface area (Å²) in [4.78, 5) is 7.79. The highest BCUT2D eigenvalue weighted by atomic mass is 15.0. The van der Waals surface area contributed by atoms with E-state index in [1.54, 1.807) is 0 Å². The van der Waals surface area contributed by atoms with Crippen LogP contribution in [0, 0.1) is 0 Å². The van der Waals surface area contributed by atoms with Crippen molar-refractivity contribution in [3.05, 3.63) is 158 Å². The van der Waals surface area contributed by atoms with Crippen LogP contribution < -0.4 is 0 Å². The minimum Gasteiger partial charge on any atom is -0.355 e. The number of para-hydroxylation sites is 2. The molecule has 0 radical (unpaired) electrons. The third-order valence-electron chi connectivity index (χ3n) is 8.85. The highest BCUT2D eigenvalue weighted by Gasteiger charge is 2.17. The molecule has 44 heavy (non-hydrogen) atoms. The molecule has 0 aliphatic heterocycles. The molecule has 0 amide bonds. The van der Waals surface area contributed by atoms with Crippen LogP contribution in [0.3, 0.4) is 0 Å². The van der Waals surface area contributed by atoms with Crippen molar-refractivity contribution in [2.75, 3.05) is 0 Å². The fourth-order valence-electron chi connectivity index (χ4n) is 6.74. The third-order valence-corrected chi connectivity index (χ3v) is 8.85. The predicted molar refractivity (Wildman–Crippen MR) is 184 cm³/mol. The summed E-state index contributed by atoms with van der Waals surface area (Å²) in [7, 11) is 0. The molecule has 0 unspecified atom stereocenters. The average molecular weight is 562 g/mol. The topological polar surface area (TPSA) is 33.6 Å². The highest BCUT2D eigenvalue weighted by molar-refractivity contribution is 6.12. The molecule has 0 aliphatic carbocycles. The molecule has 1 N–H and O–H groups in total. The first-order valence-electron chi connectivity index (χ1n) is 15.0. The van der Waals surface area contributed by atoms with E-state index < -0.39 is 0 Å². The summed E-state index contributed by atoms with van der Waals surface area (Å²) in [6.07, 6.45) is 3.71. The first-order valence-corrected chi connectivity index (χ1v) is 15.0. The van der Waals surface area contributed by atoms with Crippen molar-refractivity contribution in [1.29, 1.82) is 0 Å². The second kappa shape index (κ2) is 9.82. The lowest BCUT2D eigenvalue weighted by atomic mass is 9.97. The minimum atomic E-state index is 1.16. The zero-order valence-electron chi connectivity index (χ0n) is 23.9. The number of nitrogens with zero attached hydrogens (tertiary/aromatic N) is 2. The summed E-state index contributed by atoms with van der Waals surface area (Å²) < 4.78 is 2.43. The molecule has 206 valence electrons. The summed E-state index contributed by atoms with van der Waals surface area (Å²) in [5.74, 6) is 0. The number of benzene rings is 6. The molecule has 3 nitrogen and oxygen atoms in total. The van der Waals surface area contributed by atoms with Crippen molar-refractivity contribution in [3.63, 3.8) is 0 Å². The van der Waals surface area contributed by atoms with E-state index in [4.69, 9.17) is 0 Å². The molecule has 3 heteroatoms. The van der Waals surface area contributed by atoms with Crippen LogP contribution in [0.15, 0.2) is 158 Å². The molecule has 6 aromatic carbocycles. The van der Waals surface area contributed by atoms with E-state index in [0.717, 1.165) is 16.8 Å². The lowest BCUT2D eigenvalue weighted by Gasteiger charge is -2.16. The van der Waals surface area contributed by atoms with Gasteiger partial charge in [0.15, 0.2) is 0 Å². The molecule has 3 aromatic heterocycles. The van der Waals surface area contributed by atoms with Crippen molar-refractivity contribution < 1.29 is 0 Å². The monoisotopic (exact) mass is 561 g/mol. The van der Waals surface area contributed by atoms with Gasteiger partial charge in [-0.3, -0.25) is 4.98 Å². The number of hydrogen-bond acceptors (Lipinski definition) is 1. The van der Waals surface area contributed by atoms with Gasteiger partial charge >= 0.3 is 0 Å². The Morgan fingerprint density at radius 2 is 1.05 bits per heavy atom. The Kier molecular flexibility index (Phi) is 5.50. The normalized spacial score (nSPS) is 11.6. The number of pyridine rings is 1. The lowest BCUT2D eigenvalue weighted by molar-refractivity contribution is 1.18. The summed E-state index contributed by atoms with van der Waals surface area (Å²) in [5, 5.41) is 5.00. The van der Waals surface area contributed by atoms with E-state index >= 15 is 0 Å². The van der Waals surface area contributed by atoms with Gasteiger partial charge in [-0.2, -0.15) is 0 Å². The van der Waals surface area contributed by atoms with E-state index in [9.17, 15) is 0 Å². The largest absolute Gasteiger partial charge is 0.355 e. The molecule has 9 rings (SSSR count). The molecule has 9 aromatic rings. The van der Waals surface area contributed by atoms with E-state index in [1.807, 2.05) is 12.4 Å². The lowest BCUT2D eigenvalue weighted by Crippen LogP contribution is -1.98. The minimum absolute atomic E-state index is 1.16. The fourth-order valence-corrected chi connectivity index (χ4v) is 6.74. The van der Waals surface area contributed by atoms with Crippen LogP contribution in [0.4, 0.5) is 0 Å². The predicted octanol–water partition coefficient (Wildman–Crippen LogP) is 10.8. The fraction of sp³-hybridized carbons (Fsp3) is 0. The number of nitrogens with one attached hydrogen (secondary N) is 1. The van der Waals surface area contributed by atoms with Crippen molar-refractivity contribution >= 4 is 43.6 Å². The van der Waals surface area contributed by atoms with Gasteiger partial charge in [-0.05, 0) is 88.5 Å². The van der Waals surface area contributed by atoms with Crippen LogP contribution in [0.1, 0.15) is 0 Å². The molecule has 0 saturated heterocycles. The van der Waals surface area contributed by atoms with E-state index in [-0.39, 0.29) is 0 Å². The maximum atomic E-state index is 4.23. The number of rotatable bonds is 4. The van der Waals surface area contributed by atoms with Gasteiger partial charge in [-0.15, -0.1) is 0 Å². The second-order valence-electron chi connectivity index (χ2n) is 11.3. The first kappa shape index (κ1) is 24.6. The molecule has 0 aliphatic rings. The van der Waals surface area contributed by atoms with E-state index in [2.05, 4.69) is 160 Å². The van der Waals surface area contributed by atoms with Gasteiger partial charge in [0, 0.05) is 50.5 Å². The summed E-state index contributed by atoms with van der Waals surface area (Å²) in [6.45, 7) is 0. The van der Waals surface area contributed by atoms with Gasteiger partial charge in [0.1, 0.15) is 0 Å². The van der Waals surface area contributed by atoms with Crippen LogP contribution in [0.25, 0.3) is 82.7 Å². The summed E-state index contributed by atoms with van der Waals surface area (Å²) in [6, 6.07) is 52.6. The SMILES string of the molecule is c1ccc(-c2cc(-c3ccncc3)ccc2-n2c3ccccc3c3cc(-c4ccc5[nH]c6ccccc6c5c4)ccc32)cc1. The van der Waals surface area contributed by atoms with Crippen molar-refractivity contribution in [2.45, 2.75) is 0 Å². The van der Waals surface area contributed by atoms with Gasteiger partial charge in [-0.1, -0.05) is 84.9 Å². The Labute approximate surface area is 254 Å². The quantitative estimate of drug-likeness (QED) is 0.228. The van der Waals surface area contributed by atoms with Crippen LogP contribution in [0.5, 0.6) is 0 Å². The Hall–Kier alpha value is -5.93. The smallest absolute Gasteiger partial charge is 0.0541 e. The first-order chi connectivity index (χ1) is 21.8. The average Bonchev–Trinajstić information content (AvgIpc) is 3.64. The van der Waals surface area contributed by atoms with Crippen molar-refractivity contribution in [1.82, 2.24) is 14.5 Å². The van der Waals surface area contributed by atoms with Gasteiger partial charge in [0.2, 0.25) is 0 Å². The number of hydrogen-bond donors (Lipinski definition) is 1. The van der Waals surface area contributed by atoms with Crippen molar-refractivity contribution in [2.24, 2.45) is 0 Å². The molecule has 3 heterocycles. The number of aromatic amines is 1. The Balaban J connectivity index is 1.27. The second-order valence-corrected chi connectivity index (χ2v) is 11.3. The molecule has 0 fully saturated rings. The number of aromatic nitrogens is 3. The maximum absolute atomic E-state index is 4.23. The van der Waals surface area contributed by atoms with Crippen LogP contribution >= 0.6 is 0 Å². The van der Waals surface area contributed by atoms with Gasteiger partial charge in [0.25, 0.3) is 0 Å². The van der Waals surface area contributed by atoms with Crippen LogP contribution in [-0.4, -0.2) is 14.5 Å². The van der Waals surface area contributed by atoms with E-state index in [1.165, 1.54) is 65.9 Å². The summed E-state index contributed by atoms with van der Waals surface area (Å²) >= 11 is 0. The molecular formula is C41H27N3. The Morgan fingerprint density at radius 1 is 0.409 bits per heavy atom. The Bertz CT molecular complexity index is 2480. The van der Waals surface area contributed by atoms with Gasteiger partial charge in [0.05, 0.1) is 16.7 Å². The van der Waals surface area contributed by atoms with Crippen LogP contribution in [0.2, 0.25) is 0 Å². The van der Waals surface area contributed by atoms with Crippen LogP contribution in [-0.2, 0) is 0 Å². The Morgan fingerprint density at radius 3 is 1.91 bits per heavy atom. The maximum Gasteiger partial charge on any atom is 0.0541 e. The number of H-pyrrole nitrogens is 1. The molecule has 0 atom stereocenters. The molecule has 0 spiro atoms. The summed E-state index contributed by atoms with van der Waals surface area (Å²) in [5.41, 5.74) is 13.0. The third kappa shape index (κ3) is 3.87. The standard InChI is InChI=1S/C41H27N3/c1-2-8-28(9-3-1)34-24-29(27-20-22-42-23-21-27)15-18-40(34)44-39-13-7-5-11-33(39)36-26-31(16-19-41(36)44)30-14-17-38-35(25-30)32-10-4-6-12-37(32)43-38/h1-26,43H. The molecule has 0 saturated carbocycles. The zero-order valence-corrected chi connectivity index (χ0v) is 23.9. The van der Waals surface area contributed by atoms with Crippen molar-refractivity contribution in [3.8, 4) is 39.1 Å². The molecule has 0 bridgehead atoms. The van der Waals surface area contributed by atoms with E-state index in [0.29, 0.717) is 0 Å². The highest BCUT2D eigenvalue weighted by Crippen LogP contribution is 2.40. The number of fused-ring (bicyclic) bond motifs is 6. The van der Waals surface area contributed by atoms with Gasteiger partial charge < -0.3 is 9.55 Å². The zero-order chi connectivity index (χ0) is 29.0. The molecular weight excluding hydrogens is 534 g/mol.